The average molecular weight is 675 g/mol. The lowest BCUT2D eigenvalue weighted by molar-refractivity contribution is 0.107. The van der Waals surface area contributed by atoms with Crippen LogP contribution in [-0.2, 0) is 35.5 Å². The molecule has 0 unspecified atom stereocenters. The number of rotatable bonds is 8. The number of hydrogen-bond acceptors (Lipinski definition) is 10. The molecule has 0 radical (unpaired) electrons. The number of nitrogens with zero attached hydrogens (tertiary/aromatic N) is 4. The quantitative estimate of drug-likeness (QED) is 0.160. The second-order valence-electron chi connectivity index (χ2n) is 12.2. The molecule has 11 nitrogen and oxygen atoms in total. The van der Waals surface area contributed by atoms with Gasteiger partial charge in [0.05, 0.1) is 25.4 Å². The summed E-state index contributed by atoms with van der Waals surface area (Å²) in [6, 6.07) is 28.7. The first-order chi connectivity index (χ1) is 24.5. The maximum Gasteiger partial charge on any atom is 0.515 e. The van der Waals surface area contributed by atoms with Crippen LogP contribution in [0.5, 0.6) is 17.5 Å². The monoisotopic (exact) mass is 674 g/mol. The van der Waals surface area contributed by atoms with Crippen molar-refractivity contribution in [3.05, 3.63) is 119 Å². The molecule has 4 heterocycles. The first kappa shape index (κ1) is 32.8. The molecule has 5 aromatic rings. The third-order valence-electron chi connectivity index (χ3n) is 9.20. The van der Waals surface area contributed by atoms with Crippen molar-refractivity contribution in [1.29, 1.82) is 0 Å². The number of benzene rings is 3. The third-order valence-corrected chi connectivity index (χ3v) is 9.20. The fourth-order valence-electron chi connectivity index (χ4n) is 6.59. The van der Waals surface area contributed by atoms with Gasteiger partial charge in [0, 0.05) is 37.1 Å². The van der Waals surface area contributed by atoms with E-state index in [9.17, 15) is 9.59 Å². The van der Waals surface area contributed by atoms with E-state index in [-0.39, 0.29) is 11.8 Å². The molecule has 0 aliphatic carbocycles. The highest BCUT2D eigenvalue weighted by Gasteiger charge is 2.32. The Kier molecular flexibility index (Phi) is 9.75. The van der Waals surface area contributed by atoms with Crippen molar-refractivity contribution in [3.8, 4) is 17.5 Å². The van der Waals surface area contributed by atoms with Gasteiger partial charge in [0.2, 0.25) is 0 Å². The van der Waals surface area contributed by atoms with Gasteiger partial charge in [0.1, 0.15) is 18.2 Å². The average Bonchev–Trinajstić information content (AvgIpc) is 3.38. The fourth-order valence-corrected chi connectivity index (χ4v) is 6.59. The number of ether oxygens (including phenoxy) is 5. The number of carbonyl (C=O) groups is 2. The Balaban J connectivity index is 1.03. The van der Waals surface area contributed by atoms with Crippen molar-refractivity contribution < 1.29 is 33.3 Å². The van der Waals surface area contributed by atoms with E-state index in [4.69, 9.17) is 33.7 Å². The van der Waals surface area contributed by atoms with Crippen LogP contribution >= 0.6 is 0 Å². The second-order valence-corrected chi connectivity index (χ2v) is 12.2. The van der Waals surface area contributed by atoms with Gasteiger partial charge in [0.15, 0.2) is 0 Å². The summed E-state index contributed by atoms with van der Waals surface area (Å²) >= 11 is 0. The van der Waals surface area contributed by atoms with Gasteiger partial charge < -0.3 is 28.6 Å². The summed E-state index contributed by atoms with van der Waals surface area (Å²) < 4.78 is 28.1. The molecule has 0 amide bonds. The molecule has 0 atom stereocenters. The Hall–Kier alpha value is -5.68. The van der Waals surface area contributed by atoms with Crippen LogP contribution in [0, 0.1) is 0 Å². The van der Waals surface area contributed by atoms with E-state index in [1.165, 1.54) is 30.9 Å². The van der Waals surface area contributed by atoms with Crippen LogP contribution in [0.1, 0.15) is 41.1 Å². The summed E-state index contributed by atoms with van der Waals surface area (Å²) in [6.07, 6.45) is 1.37. The normalized spacial score (nSPS) is 14.4. The molecule has 256 valence electrons. The molecular formula is C39H38N4O7. The van der Waals surface area contributed by atoms with E-state index in [0.717, 1.165) is 72.4 Å². The maximum atomic E-state index is 12.2. The van der Waals surface area contributed by atoms with Crippen LogP contribution in [-0.4, -0.2) is 65.6 Å². The number of pyridine rings is 1. The number of aryl methyl sites for hydroxylation is 1. The Labute approximate surface area is 290 Å². The molecule has 3 aromatic carbocycles. The number of para-hydroxylation sites is 1. The molecule has 2 aliphatic rings. The van der Waals surface area contributed by atoms with Gasteiger partial charge in [-0.3, -0.25) is 4.57 Å². The Morgan fingerprint density at radius 2 is 1.50 bits per heavy atom. The summed E-state index contributed by atoms with van der Waals surface area (Å²) in [5, 5.41) is 1.12. The molecule has 0 spiro atoms. The number of methoxy groups -OCH3 is 2. The zero-order chi connectivity index (χ0) is 34.5. The molecule has 11 heteroatoms. The summed E-state index contributed by atoms with van der Waals surface area (Å²) in [6.45, 7) is 3.59. The number of imidazole rings is 1. The maximum absolute atomic E-state index is 12.2. The highest BCUT2D eigenvalue weighted by atomic mass is 16.7. The van der Waals surface area contributed by atoms with Gasteiger partial charge in [0.25, 0.3) is 11.8 Å². The number of hydrogen-bond donors (Lipinski definition) is 0. The van der Waals surface area contributed by atoms with Gasteiger partial charge in [-0.1, -0.05) is 66.2 Å². The summed E-state index contributed by atoms with van der Waals surface area (Å²) in [7, 11) is 2.42. The van der Waals surface area contributed by atoms with Crippen LogP contribution in [0.2, 0.25) is 0 Å². The molecule has 1 saturated heterocycles. The van der Waals surface area contributed by atoms with Gasteiger partial charge in [-0.25, -0.2) is 14.6 Å². The van der Waals surface area contributed by atoms with Crippen molar-refractivity contribution in [2.75, 3.05) is 33.9 Å². The van der Waals surface area contributed by atoms with Crippen molar-refractivity contribution in [2.45, 2.75) is 38.8 Å². The smallest absolute Gasteiger partial charge is 0.487 e. The molecular weight excluding hydrogens is 636 g/mol. The molecule has 2 aromatic heterocycles. The standard InChI is InChI=1S/C39H38N4O7/c1-46-38(44)49-36-37(50-39(45)47-2)43-24-20-27-7-3-5-9-32(27)34(35(43)41-36)29-18-22-42(23-19-29)21-17-26-11-15-31(16-12-26)48-25-30-14-13-28-8-4-6-10-33(28)40-30/h3-16H,17-25H2,1-2H3. The van der Waals surface area contributed by atoms with E-state index in [1.54, 1.807) is 4.57 Å². The molecule has 50 heavy (non-hydrogen) atoms. The predicted molar refractivity (Wildman–Crippen MR) is 186 cm³/mol. The van der Waals surface area contributed by atoms with E-state index in [2.05, 4.69) is 41.3 Å². The lowest BCUT2D eigenvalue weighted by Crippen LogP contribution is -2.33. The number of aromatic nitrogens is 3. The molecule has 0 N–H and O–H groups in total. The van der Waals surface area contributed by atoms with Crippen LogP contribution in [0.25, 0.3) is 16.5 Å². The van der Waals surface area contributed by atoms with Crippen molar-refractivity contribution >= 4 is 28.8 Å². The Morgan fingerprint density at radius 1 is 0.760 bits per heavy atom. The number of piperidine rings is 1. The molecule has 0 bridgehead atoms. The zero-order valence-electron chi connectivity index (χ0n) is 28.1. The van der Waals surface area contributed by atoms with E-state index in [0.29, 0.717) is 25.4 Å². The first-order valence-electron chi connectivity index (χ1n) is 16.7. The lowest BCUT2D eigenvalue weighted by atomic mass is 9.90. The van der Waals surface area contributed by atoms with Crippen LogP contribution in [0.3, 0.4) is 0 Å². The zero-order valence-corrected chi connectivity index (χ0v) is 28.1. The van der Waals surface area contributed by atoms with Gasteiger partial charge in [-0.15, -0.1) is 0 Å². The summed E-state index contributed by atoms with van der Waals surface area (Å²) in [5.74, 6) is 1.26. The highest BCUT2D eigenvalue weighted by Crippen LogP contribution is 2.41. The van der Waals surface area contributed by atoms with E-state index >= 15 is 0 Å². The minimum atomic E-state index is -0.962. The molecule has 2 aliphatic heterocycles. The van der Waals surface area contributed by atoms with Crippen molar-refractivity contribution in [1.82, 2.24) is 19.4 Å². The Bertz CT molecular complexity index is 2040. The number of carbonyl (C=O) groups excluding carboxylic acids is 2. The second kappa shape index (κ2) is 14.8. The molecule has 7 rings (SSSR count). The van der Waals surface area contributed by atoms with E-state index < -0.39 is 12.3 Å². The van der Waals surface area contributed by atoms with Gasteiger partial charge in [-0.05, 0) is 66.6 Å². The lowest BCUT2D eigenvalue weighted by Gasteiger charge is -2.30. The van der Waals surface area contributed by atoms with Crippen molar-refractivity contribution in [3.63, 3.8) is 0 Å². The van der Waals surface area contributed by atoms with Gasteiger partial charge in [-0.2, -0.15) is 4.98 Å². The van der Waals surface area contributed by atoms with E-state index in [1.807, 2.05) is 48.5 Å². The van der Waals surface area contributed by atoms with Crippen LogP contribution < -0.4 is 14.2 Å². The SMILES string of the molecule is COC(=O)Oc1nc2n(c1OC(=O)OC)CCc1ccccc1C2=C1CCN(CCc2ccc(OCc3ccc4ccccc4n3)cc2)CC1. The number of fused-ring (bicyclic) bond motifs is 3. The van der Waals surface area contributed by atoms with Crippen LogP contribution in [0.4, 0.5) is 9.59 Å². The molecule has 1 fully saturated rings. The topological polar surface area (TPSA) is 114 Å². The Morgan fingerprint density at radius 3 is 2.30 bits per heavy atom. The summed E-state index contributed by atoms with van der Waals surface area (Å²) in [5.41, 5.74) is 7.58. The van der Waals surface area contributed by atoms with Gasteiger partial charge >= 0.3 is 12.3 Å². The van der Waals surface area contributed by atoms with Crippen LogP contribution in [0.15, 0.2) is 90.5 Å². The minimum absolute atomic E-state index is 0.00219. The highest BCUT2D eigenvalue weighted by molar-refractivity contribution is 5.83. The minimum Gasteiger partial charge on any atom is -0.487 e. The molecule has 0 saturated carbocycles. The largest absolute Gasteiger partial charge is 0.515 e. The fraction of sp³-hybridized carbons (Fsp3) is 0.282. The summed E-state index contributed by atoms with van der Waals surface area (Å²) in [4.78, 5) is 36.2. The third kappa shape index (κ3) is 7.18. The first-order valence-corrected chi connectivity index (χ1v) is 16.7. The van der Waals surface area contributed by atoms with Crippen molar-refractivity contribution in [2.24, 2.45) is 0 Å². The number of likely N-dealkylation sites (tertiary alicyclic amines) is 1. The predicted octanol–water partition coefficient (Wildman–Crippen LogP) is 7.00.